The Morgan fingerprint density at radius 2 is 2.10 bits per heavy atom. The largest absolute Gasteiger partial charge is 0.459 e. The molecule has 1 aliphatic carbocycles. The molecule has 0 saturated heterocycles. The van der Waals surface area contributed by atoms with Gasteiger partial charge in [-0.2, -0.15) is 11.8 Å². The van der Waals surface area contributed by atoms with Gasteiger partial charge in [0.2, 0.25) is 0 Å². The Labute approximate surface area is 132 Å². The van der Waals surface area contributed by atoms with E-state index in [1.54, 1.807) is 7.05 Å². The number of carbonyl (C=O) groups is 1. The molecule has 6 heteroatoms. The number of rotatable bonds is 4. The summed E-state index contributed by atoms with van der Waals surface area (Å²) in [7, 11) is 1.72. The fourth-order valence-electron chi connectivity index (χ4n) is 2.41. The summed E-state index contributed by atoms with van der Waals surface area (Å²) in [6, 6.07) is 0.432. The summed E-state index contributed by atoms with van der Waals surface area (Å²) in [5.41, 5.74) is -0.454. The molecular formula is C15H29N3O2S. The van der Waals surface area contributed by atoms with Crippen molar-refractivity contribution in [1.82, 2.24) is 10.6 Å². The summed E-state index contributed by atoms with van der Waals surface area (Å²) in [6.45, 7) is 5.73. The summed E-state index contributed by atoms with van der Waals surface area (Å²) in [5, 5.41) is 7.16. The van der Waals surface area contributed by atoms with Gasteiger partial charge in [0.25, 0.3) is 0 Å². The number of nitrogens with zero attached hydrogens (tertiary/aromatic N) is 1. The zero-order valence-electron chi connectivity index (χ0n) is 13.9. The third-order valence-electron chi connectivity index (χ3n) is 3.34. The van der Waals surface area contributed by atoms with E-state index in [-0.39, 0.29) is 12.5 Å². The Bertz CT molecular complexity index is 366. The first-order chi connectivity index (χ1) is 9.84. The van der Waals surface area contributed by atoms with E-state index in [0.29, 0.717) is 12.0 Å². The quantitative estimate of drug-likeness (QED) is 0.473. The molecule has 0 aromatic heterocycles. The van der Waals surface area contributed by atoms with Gasteiger partial charge >= 0.3 is 5.97 Å². The molecule has 0 radical (unpaired) electrons. The van der Waals surface area contributed by atoms with E-state index < -0.39 is 5.60 Å². The molecule has 1 aliphatic rings. The Balaban J connectivity index is 2.37. The van der Waals surface area contributed by atoms with Crippen molar-refractivity contribution in [2.24, 2.45) is 4.99 Å². The lowest BCUT2D eigenvalue weighted by Crippen LogP contribution is -2.47. The van der Waals surface area contributed by atoms with Gasteiger partial charge in [0.15, 0.2) is 5.96 Å². The third-order valence-corrected chi connectivity index (χ3v) is 4.44. The second-order valence-corrected chi connectivity index (χ2v) is 7.52. The minimum Gasteiger partial charge on any atom is -0.459 e. The standard InChI is InChI=1S/C15H29N3O2S/c1-15(2,3)20-13(19)10-17-14(16-4)18-11-7-6-8-12(9-11)21-5/h11-12H,6-10H2,1-5H3,(H2,16,17,18). The van der Waals surface area contributed by atoms with Crippen LogP contribution in [0.5, 0.6) is 0 Å². The first-order valence-electron chi connectivity index (χ1n) is 7.56. The van der Waals surface area contributed by atoms with Gasteiger partial charge in [0, 0.05) is 18.3 Å². The number of hydrogen-bond donors (Lipinski definition) is 2. The molecule has 0 spiro atoms. The van der Waals surface area contributed by atoms with Gasteiger partial charge in [-0.05, 0) is 46.3 Å². The number of aliphatic imine (C=N–C) groups is 1. The average molecular weight is 315 g/mol. The minimum absolute atomic E-state index is 0.135. The van der Waals surface area contributed by atoms with Gasteiger partial charge < -0.3 is 15.4 Å². The summed E-state index contributed by atoms with van der Waals surface area (Å²) >= 11 is 1.93. The minimum atomic E-state index is -0.454. The molecule has 5 nitrogen and oxygen atoms in total. The molecule has 0 amide bonds. The smallest absolute Gasteiger partial charge is 0.325 e. The van der Waals surface area contributed by atoms with Gasteiger partial charge in [-0.25, -0.2) is 0 Å². The number of nitrogens with one attached hydrogen (secondary N) is 2. The van der Waals surface area contributed by atoms with Crippen molar-refractivity contribution in [3.05, 3.63) is 0 Å². The fourth-order valence-corrected chi connectivity index (χ4v) is 3.24. The molecule has 2 atom stereocenters. The third kappa shape index (κ3) is 7.60. The number of esters is 1. The number of thioether (sulfide) groups is 1. The Kier molecular flexibility index (Phi) is 7.35. The zero-order chi connectivity index (χ0) is 15.9. The van der Waals surface area contributed by atoms with Crippen LogP contribution in [0.25, 0.3) is 0 Å². The van der Waals surface area contributed by atoms with Crippen molar-refractivity contribution >= 4 is 23.7 Å². The van der Waals surface area contributed by atoms with Crippen molar-refractivity contribution in [3.63, 3.8) is 0 Å². The monoisotopic (exact) mass is 315 g/mol. The molecular weight excluding hydrogens is 286 g/mol. The van der Waals surface area contributed by atoms with E-state index in [0.717, 1.165) is 18.1 Å². The lowest BCUT2D eigenvalue weighted by Gasteiger charge is -2.29. The summed E-state index contributed by atoms with van der Waals surface area (Å²) in [6.07, 6.45) is 7.01. The fraction of sp³-hybridized carbons (Fsp3) is 0.867. The summed E-state index contributed by atoms with van der Waals surface area (Å²) in [4.78, 5) is 15.9. The van der Waals surface area contributed by atoms with E-state index in [9.17, 15) is 4.79 Å². The number of carbonyl (C=O) groups excluding carboxylic acids is 1. The van der Waals surface area contributed by atoms with Gasteiger partial charge in [0.05, 0.1) is 0 Å². The van der Waals surface area contributed by atoms with E-state index in [2.05, 4.69) is 21.9 Å². The zero-order valence-corrected chi connectivity index (χ0v) is 14.7. The first kappa shape index (κ1) is 18.1. The van der Waals surface area contributed by atoms with E-state index in [1.807, 2.05) is 32.5 Å². The van der Waals surface area contributed by atoms with E-state index >= 15 is 0 Å². The second kappa shape index (κ2) is 8.51. The molecule has 122 valence electrons. The lowest BCUT2D eigenvalue weighted by molar-refractivity contribution is -0.153. The molecule has 0 bridgehead atoms. The van der Waals surface area contributed by atoms with Gasteiger partial charge in [-0.3, -0.25) is 9.79 Å². The molecule has 2 N–H and O–H groups in total. The van der Waals surface area contributed by atoms with Crippen LogP contribution in [-0.4, -0.2) is 48.7 Å². The lowest BCUT2D eigenvalue weighted by atomic mass is 9.95. The van der Waals surface area contributed by atoms with Gasteiger partial charge in [-0.1, -0.05) is 6.42 Å². The van der Waals surface area contributed by atoms with Crippen molar-refractivity contribution < 1.29 is 9.53 Å². The molecule has 0 heterocycles. The molecule has 0 aromatic carbocycles. The van der Waals surface area contributed by atoms with Crippen LogP contribution >= 0.6 is 11.8 Å². The van der Waals surface area contributed by atoms with Gasteiger partial charge in [-0.15, -0.1) is 0 Å². The van der Waals surface area contributed by atoms with E-state index in [1.165, 1.54) is 12.8 Å². The van der Waals surface area contributed by atoms with Crippen LogP contribution in [0.2, 0.25) is 0 Å². The van der Waals surface area contributed by atoms with Crippen LogP contribution < -0.4 is 10.6 Å². The maximum absolute atomic E-state index is 11.7. The maximum Gasteiger partial charge on any atom is 0.325 e. The first-order valence-corrected chi connectivity index (χ1v) is 8.84. The van der Waals surface area contributed by atoms with Crippen LogP contribution in [0.4, 0.5) is 0 Å². The normalized spacial score (nSPS) is 23.6. The van der Waals surface area contributed by atoms with Crippen LogP contribution in [-0.2, 0) is 9.53 Å². The van der Waals surface area contributed by atoms with Crippen molar-refractivity contribution in [1.29, 1.82) is 0 Å². The van der Waals surface area contributed by atoms with Crippen LogP contribution in [0, 0.1) is 0 Å². The maximum atomic E-state index is 11.7. The van der Waals surface area contributed by atoms with Crippen LogP contribution in [0.15, 0.2) is 4.99 Å². The Morgan fingerprint density at radius 1 is 1.38 bits per heavy atom. The Hall–Kier alpha value is -0.910. The average Bonchev–Trinajstić information content (AvgIpc) is 2.41. The summed E-state index contributed by atoms with van der Waals surface area (Å²) < 4.78 is 5.27. The molecule has 1 saturated carbocycles. The molecule has 1 fully saturated rings. The molecule has 2 unspecified atom stereocenters. The number of ether oxygens (including phenoxy) is 1. The molecule has 0 aliphatic heterocycles. The van der Waals surface area contributed by atoms with Crippen molar-refractivity contribution in [2.45, 2.75) is 63.3 Å². The van der Waals surface area contributed by atoms with E-state index in [4.69, 9.17) is 4.74 Å². The highest BCUT2D eigenvalue weighted by Gasteiger charge is 2.22. The van der Waals surface area contributed by atoms with Crippen LogP contribution in [0.1, 0.15) is 46.5 Å². The molecule has 0 aromatic rings. The number of guanidine groups is 1. The predicted octanol–water partition coefficient (Wildman–Crippen LogP) is 2.17. The number of hydrogen-bond acceptors (Lipinski definition) is 4. The summed E-state index contributed by atoms with van der Waals surface area (Å²) in [5.74, 6) is 0.406. The predicted molar refractivity (Wildman–Crippen MR) is 89.9 cm³/mol. The molecule has 1 rings (SSSR count). The van der Waals surface area contributed by atoms with Crippen LogP contribution in [0.3, 0.4) is 0 Å². The molecule has 21 heavy (non-hydrogen) atoms. The topological polar surface area (TPSA) is 62.7 Å². The Morgan fingerprint density at radius 3 is 2.67 bits per heavy atom. The van der Waals surface area contributed by atoms with Crippen molar-refractivity contribution in [3.8, 4) is 0 Å². The highest BCUT2D eigenvalue weighted by Crippen LogP contribution is 2.26. The van der Waals surface area contributed by atoms with Gasteiger partial charge in [0.1, 0.15) is 12.1 Å². The van der Waals surface area contributed by atoms with Crippen molar-refractivity contribution in [2.75, 3.05) is 19.8 Å². The highest BCUT2D eigenvalue weighted by molar-refractivity contribution is 7.99. The SMILES string of the molecule is CN=C(NCC(=O)OC(C)(C)C)NC1CCCC(SC)C1. The second-order valence-electron chi connectivity index (χ2n) is 6.38. The highest BCUT2D eigenvalue weighted by atomic mass is 32.2.